The lowest BCUT2D eigenvalue weighted by Crippen LogP contribution is -2.52. The molecule has 3 amide bonds. The lowest BCUT2D eigenvalue weighted by molar-refractivity contribution is -0.128. The number of nitrogens with zero attached hydrogens (tertiary/aromatic N) is 1. The number of amides is 3. The van der Waals surface area contributed by atoms with Crippen molar-refractivity contribution in [2.45, 2.75) is 51.0 Å². The number of imide groups is 1. The Hall–Kier alpha value is -1.50. The first-order valence-corrected chi connectivity index (χ1v) is 6.66. The molecule has 1 aliphatic heterocycles. The van der Waals surface area contributed by atoms with Crippen LogP contribution in [-0.4, -0.2) is 28.9 Å². The predicted octanol–water partition coefficient (Wildman–Crippen LogP) is 1.90. The van der Waals surface area contributed by atoms with Crippen LogP contribution in [0.2, 0.25) is 0 Å². The largest absolute Gasteiger partial charge is 0.325 e. The van der Waals surface area contributed by atoms with Gasteiger partial charge in [-0.25, -0.2) is 4.79 Å². The summed E-state index contributed by atoms with van der Waals surface area (Å²) in [7, 11) is 0. The van der Waals surface area contributed by atoms with Crippen molar-refractivity contribution >= 4 is 11.9 Å². The first-order valence-electron chi connectivity index (χ1n) is 6.66. The molecule has 0 aromatic heterocycles. The molecular formula is C14H20N2O2. The fourth-order valence-electron chi connectivity index (χ4n) is 2.99. The molecule has 0 aromatic rings. The van der Waals surface area contributed by atoms with Crippen LogP contribution in [0.25, 0.3) is 0 Å². The minimum absolute atomic E-state index is 0.111. The van der Waals surface area contributed by atoms with Gasteiger partial charge in [-0.05, 0) is 38.0 Å². The number of nitrogens with one attached hydrogen (secondary N) is 1. The van der Waals surface area contributed by atoms with Gasteiger partial charge in [-0.15, -0.1) is 12.3 Å². The zero-order valence-corrected chi connectivity index (χ0v) is 10.9. The second-order valence-electron chi connectivity index (χ2n) is 5.43. The molecule has 0 bridgehead atoms. The van der Waals surface area contributed by atoms with Crippen LogP contribution in [0.4, 0.5) is 4.79 Å². The van der Waals surface area contributed by atoms with Gasteiger partial charge in [-0.2, -0.15) is 0 Å². The third-order valence-electron chi connectivity index (χ3n) is 4.21. The molecule has 0 unspecified atom stereocenters. The van der Waals surface area contributed by atoms with E-state index in [4.69, 9.17) is 6.42 Å². The van der Waals surface area contributed by atoms with Crippen LogP contribution in [0.15, 0.2) is 0 Å². The smallest absolute Gasteiger partial charge is 0.310 e. The standard InChI is InChI=1S/C14H20N2O2/c1-3-4-5-10-16-13(18)15-12(17)14(16)8-6-11(2)7-9-14/h1,11H,4-10H2,2H3,(H,15,17,18). The van der Waals surface area contributed by atoms with E-state index in [9.17, 15) is 9.59 Å². The number of urea groups is 1. The highest BCUT2D eigenvalue weighted by molar-refractivity contribution is 6.07. The Labute approximate surface area is 108 Å². The minimum atomic E-state index is -0.585. The number of carbonyl (C=O) groups excluding carboxylic acids is 2. The molecule has 2 aliphatic rings. The molecule has 0 radical (unpaired) electrons. The van der Waals surface area contributed by atoms with Crippen molar-refractivity contribution in [1.29, 1.82) is 0 Å². The monoisotopic (exact) mass is 248 g/mol. The number of rotatable bonds is 3. The molecule has 1 saturated heterocycles. The molecule has 0 aromatic carbocycles. The summed E-state index contributed by atoms with van der Waals surface area (Å²) in [5, 5.41) is 2.47. The number of unbranched alkanes of at least 4 members (excludes halogenated alkanes) is 1. The Bertz CT molecular complexity index is 389. The molecule has 2 rings (SSSR count). The molecule has 1 N–H and O–H groups in total. The van der Waals surface area contributed by atoms with E-state index in [0.717, 1.165) is 32.1 Å². The molecule has 4 nitrogen and oxygen atoms in total. The minimum Gasteiger partial charge on any atom is -0.310 e. The van der Waals surface area contributed by atoms with E-state index in [2.05, 4.69) is 18.2 Å². The molecule has 1 aliphatic carbocycles. The summed E-state index contributed by atoms with van der Waals surface area (Å²) in [4.78, 5) is 25.7. The number of hydrogen-bond acceptors (Lipinski definition) is 2. The number of hydrogen-bond donors (Lipinski definition) is 1. The average molecular weight is 248 g/mol. The van der Waals surface area contributed by atoms with E-state index in [1.54, 1.807) is 4.90 Å². The van der Waals surface area contributed by atoms with Gasteiger partial charge in [0.15, 0.2) is 0 Å². The molecule has 1 spiro atoms. The van der Waals surface area contributed by atoms with Gasteiger partial charge in [0, 0.05) is 13.0 Å². The summed E-state index contributed by atoms with van der Waals surface area (Å²) < 4.78 is 0. The maximum Gasteiger partial charge on any atom is 0.325 e. The van der Waals surface area contributed by atoms with Crippen molar-refractivity contribution < 1.29 is 9.59 Å². The third-order valence-corrected chi connectivity index (χ3v) is 4.21. The summed E-state index contributed by atoms with van der Waals surface area (Å²) in [6.07, 6.45) is 10.2. The van der Waals surface area contributed by atoms with Gasteiger partial charge in [0.25, 0.3) is 5.91 Å². The average Bonchev–Trinajstić information content (AvgIpc) is 2.57. The summed E-state index contributed by atoms with van der Waals surface area (Å²) in [6, 6.07) is -0.244. The van der Waals surface area contributed by atoms with Crippen molar-refractivity contribution in [2.24, 2.45) is 5.92 Å². The Balaban J connectivity index is 2.12. The van der Waals surface area contributed by atoms with E-state index >= 15 is 0 Å². The lowest BCUT2D eigenvalue weighted by Gasteiger charge is -2.40. The second-order valence-corrected chi connectivity index (χ2v) is 5.43. The normalized spacial score (nSPS) is 31.6. The van der Waals surface area contributed by atoms with E-state index in [1.807, 2.05) is 0 Å². The molecule has 1 heterocycles. The van der Waals surface area contributed by atoms with Crippen molar-refractivity contribution in [1.82, 2.24) is 10.2 Å². The Morgan fingerprint density at radius 1 is 1.44 bits per heavy atom. The van der Waals surface area contributed by atoms with Gasteiger partial charge in [-0.1, -0.05) is 6.92 Å². The fourth-order valence-corrected chi connectivity index (χ4v) is 2.99. The van der Waals surface area contributed by atoms with Gasteiger partial charge < -0.3 is 4.90 Å². The molecule has 98 valence electrons. The lowest BCUT2D eigenvalue weighted by atomic mass is 9.76. The molecule has 2 fully saturated rings. The Kier molecular flexibility index (Phi) is 3.60. The summed E-state index contributed by atoms with van der Waals surface area (Å²) >= 11 is 0. The van der Waals surface area contributed by atoms with Crippen molar-refractivity contribution in [3.05, 3.63) is 0 Å². The SMILES string of the molecule is C#CCCCN1C(=O)NC(=O)C12CCC(C)CC2. The quantitative estimate of drug-likeness (QED) is 0.471. The first-order chi connectivity index (χ1) is 8.60. The molecule has 1 saturated carbocycles. The van der Waals surface area contributed by atoms with Crippen LogP contribution in [0.3, 0.4) is 0 Å². The van der Waals surface area contributed by atoms with Gasteiger partial charge in [0.2, 0.25) is 0 Å². The maximum absolute atomic E-state index is 12.1. The van der Waals surface area contributed by atoms with E-state index in [-0.39, 0.29) is 11.9 Å². The number of terminal acetylenes is 1. The molecule has 4 heteroatoms. The van der Waals surface area contributed by atoms with Gasteiger partial charge >= 0.3 is 6.03 Å². The molecule has 18 heavy (non-hydrogen) atoms. The van der Waals surface area contributed by atoms with Crippen LogP contribution in [0.5, 0.6) is 0 Å². The summed E-state index contributed by atoms with van der Waals surface area (Å²) in [6.45, 7) is 2.78. The van der Waals surface area contributed by atoms with Crippen LogP contribution in [-0.2, 0) is 4.79 Å². The molecule has 0 atom stereocenters. The number of carbonyl (C=O) groups is 2. The second kappa shape index (κ2) is 5.01. The van der Waals surface area contributed by atoms with Gasteiger partial charge in [-0.3, -0.25) is 10.1 Å². The summed E-state index contributed by atoms with van der Waals surface area (Å²) in [5.41, 5.74) is -0.585. The zero-order chi connectivity index (χ0) is 13.2. The van der Waals surface area contributed by atoms with Crippen LogP contribution in [0, 0.1) is 18.3 Å². The fraction of sp³-hybridized carbons (Fsp3) is 0.714. The van der Waals surface area contributed by atoms with E-state index in [0.29, 0.717) is 18.9 Å². The van der Waals surface area contributed by atoms with Gasteiger partial charge in [0.05, 0.1) is 0 Å². The van der Waals surface area contributed by atoms with Crippen molar-refractivity contribution in [3.63, 3.8) is 0 Å². The van der Waals surface area contributed by atoms with Crippen LogP contribution >= 0.6 is 0 Å². The van der Waals surface area contributed by atoms with Crippen LogP contribution in [0.1, 0.15) is 45.4 Å². The topological polar surface area (TPSA) is 49.4 Å². The third kappa shape index (κ3) is 2.10. The highest BCUT2D eigenvalue weighted by Gasteiger charge is 2.53. The predicted molar refractivity (Wildman–Crippen MR) is 68.7 cm³/mol. The Morgan fingerprint density at radius 2 is 2.11 bits per heavy atom. The van der Waals surface area contributed by atoms with Crippen molar-refractivity contribution in [2.75, 3.05) is 6.54 Å². The Morgan fingerprint density at radius 3 is 2.72 bits per heavy atom. The molecular weight excluding hydrogens is 228 g/mol. The maximum atomic E-state index is 12.1. The highest BCUT2D eigenvalue weighted by Crippen LogP contribution is 2.39. The first kappa shape index (κ1) is 12.9. The van der Waals surface area contributed by atoms with Crippen molar-refractivity contribution in [3.8, 4) is 12.3 Å². The van der Waals surface area contributed by atoms with Gasteiger partial charge in [0.1, 0.15) is 5.54 Å². The van der Waals surface area contributed by atoms with E-state index < -0.39 is 5.54 Å². The van der Waals surface area contributed by atoms with E-state index in [1.165, 1.54) is 0 Å². The summed E-state index contributed by atoms with van der Waals surface area (Å²) in [5.74, 6) is 3.11. The van der Waals surface area contributed by atoms with Crippen LogP contribution < -0.4 is 5.32 Å². The zero-order valence-electron chi connectivity index (χ0n) is 10.9. The highest BCUT2D eigenvalue weighted by atomic mass is 16.2.